The number of ketones is 1. The van der Waals surface area contributed by atoms with E-state index in [-0.39, 0.29) is 11.3 Å². The number of hydrogen-bond donors (Lipinski definition) is 2. The molecule has 1 atom stereocenters. The molecule has 0 spiro atoms. The minimum Gasteiger partial charge on any atom is -0.508 e. The van der Waals surface area contributed by atoms with Crippen molar-refractivity contribution < 1.29 is 19.8 Å². The largest absolute Gasteiger partial charge is 0.508 e. The van der Waals surface area contributed by atoms with E-state index in [9.17, 15) is 19.8 Å². The molecule has 4 aromatic rings. The third-order valence-electron chi connectivity index (χ3n) is 5.45. The molecule has 0 saturated carbocycles. The van der Waals surface area contributed by atoms with Crippen molar-refractivity contribution in [1.82, 2.24) is 4.98 Å². The van der Waals surface area contributed by atoms with Crippen molar-refractivity contribution in [3.63, 3.8) is 0 Å². The molecule has 5 rings (SSSR count). The molecule has 0 radical (unpaired) electrons. The van der Waals surface area contributed by atoms with Crippen molar-refractivity contribution in [1.29, 1.82) is 0 Å². The molecule has 34 heavy (non-hydrogen) atoms. The van der Waals surface area contributed by atoms with E-state index in [1.807, 2.05) is 30.3 Å². The van der Waals surface area contributed by atoms with Crippen LogP contribution in [0.1, 0.15) is 17.2 Å². The molecule has 1 aliphatic heterocycles. The van der Waals surface area contributed by atoms with Crippen molar-refractivity contribution in [3.8, 4) is 5.75 Å². The number of halogens is 1. The SMILES string of the molecule is O=C(C=Cc1ccccc1)C1=C(O)C(=O)N(c2nc3ccc(Cl)cc3s2)C1c1ccc(O)cc1. The van der Waals surface area contributed by atoms with Crippen LogP contribution in [0.15, 0.2) is 90.2 Å². The van der Waals surface area contributed by atoms with Gasteiger partial charge in [-0.2, -0.15) is 0 Å². The zero-order valence-electron chi connectivity index (χ0n) is 17.6. The minimum absolute atomic E-state index is 0.0410. The molecular weight excluding hydrogens is 472 g/mol. The highest BCUT2D eigenvalue weighted by Gasteiger charge is 2.45. The van der Waals surface area contributed by atoms with Crippen LogP contribution in [-0.2, 0) is 9.59 Å². The number of carbonyl (C=O) groups is 2. The number of anilines is 1. The summed E-state index contributed by atoms with van der Waals surface area (Å²) in [6.45, 7) is 0. The Kier molecular flexibility index (Phi) is 5.65. The summed E-state index contributed by atoms with van der Waals surface area (Å²) in [6, 6.07) is 19.7. The Bertz CT molecular complexity index is 1480. The number of phenols is 1. The first-order valence-corrected chi connectivity index (χ1v) is 11.5. The van der Waals surface area contributed by atoms with Crippen LogP contribution in [0.4, 0.5) is 5.13 Å². The van der Waals surface area contributed by atoms with Crippen molar-refractivity contribution >= 4 is 56.1 Å². The van der Waals surface area contributed by atoms with Crippen molar-refractivity contribution in [2.24, 2.45) is 0 Å². The van der Waals surface area contributed by atoms with Crippen LogP contribution in [0.5, 0.6) is 5.75 Å². The Morgan fingerprint density at radius 3 is 2.50 bits per heavy atom. The van der Waals surface area contributed by atoms with Gasteiger partial charge in [0.05, 0.1) is 21.8 Å². The molecule has 0 saturated heterocycles. The first-order valence-electron chi connectivity index (χ1n) is 10.3. The predicted octanol–water partition coefficient (Wildman–Crippen LogP) is 5.84. The van der Waals surface area contributed by atoms with Gasteiger partial charge in [0.2, 0.25) is 0 Å². The van der Waals surface area contributed by atoms with Gasteiger partial charge in [-0.1, -0.05) is 71.5 Å². The molecule has 1 unspecified atom stereocenters. The van der Waals surface area contributed by atoms with Gasteiger partial charge in [0.1, 0.15) is 5.75 Å². The van der Waals surface area contributed by atoms with Crippen molar-refractivity contribution in [2.45, 2.75) is 6.04 Å². The van der Waals surface area contributed by atoms with E-state index in [1.165, 1.54) is 34.4 Å². The Morgan fingerprint density at radius 1 is 1.03 bits per heavy atom. The number of hydrogen-bond acceptors (Lipinski definition) is 6. The van der Waals surface area contributed by atoms with Gasteiger partial charge >= 0.3 is 0 Å². The average molecular weight is 489 g/mol. The van der Waals surface area contributed by atoms with E-state index < -0.39 is 23.5 Å². The number of benzene rings is 3. The van der Waals surface area contributed by atoms with Gasteiger partial charge in [-0.3, -0.25) is 14.5 Å². The molecule has 2 heterocycles. The number of aromatic hydroxyl groups is 1. The van der Waals surface area contributed by atoms with Crippen LogP contribution in [-0.4, -0.2) is 26.9 Å². The summed E-state index contributed by atoms with van der Waals surface area (Å²) in [5, 5.41) is 21.4. The molecule has 168 valence electrons. The smallest absolute Gasteiger partial charge is 0.296 e. The van der Waals surface area contributed by atoms with Crippen LogP contribution >= 0.6 is 22.9 Å². The van der Waals surface area contributed by atoms with Crippen molar-refractivity contribution in [2.75, 3.05) is 4.90 Å². The van der Waals surface area contributed by atoms with Gasteiger partial charge < -0.3 is 10.2 Å². The number of amides is 1. The highest BCUT2D eigenvalue weighted by molar-refractivity contribution is 7.22. The number of carbonyl (C=O) groups excluding carboxylic acids is 2. The van der Waals surface area contributed by atoms with E-state index in [1.54, 1.807) is 36.4 Å². The molecule has 1 amide bonds. The van der Waals surface area contributed by atoms with E-state index in [0.717, 1.165) is 10.3 Å². The topological polar surface area (TPSA) is 90.7 Å². The monoisotopic (exact) mass is 488 g/mol. The maximum Gasteiger partial charge on any atom is 0.296 e. The van der Waals surface area contributed by atoms with Gasteiger partial charge in [-0.05, 0) is 47.5 Å². The first kappa shape index (κ1) is 21.9. The maximum atomic E-state index is 13.3. The van der Waals surface area contributed by atoms with Crippen molar-refractivity contribution in [3.05, 3.63) is 106 Å². The third kappa shape index (κ3) is 3.96. The van der Waals surface area contributed by atoms with Crippen LogP contribution in [0.25, 0.3) is 16.3 Å². The summed E-state index contributed by atoms with van der Waals surface area (Å²) in [4.78, 5) is 32.3. The number of rotatable bonds is 5. The average Bonchev–Trinajstić information content (AvgIpc) is 3.36. The predicted molar refractivity (Wildman–Crippen MR) is 133 cm³/mol. The fourth-order valence-corrected chi connectivity index (χ4v) is 5.11. The molecule has 0 fully saturated rings. The van der Waals surface area contributed by atoms with Gasteiger partial charge in [-0.25, -0.2) is 4.98 Å². The second kappa shape index (κ2) is 8.78. The van der Waals surface area contributed by atoms with Crippen LogP contribution in [0, 0.1) is 0 Å². The molecule has 1 aliphatic rings. The fraction of sp³-hybridized carbons (Fsp3) is 0.0385. The molecule has 6 nitrogen and oxygen atoms in total. The number of phenolic OH excluding ortho intramolecular Hbond substituents is 1. The van der Waals surface area contributed by atoms with E-state index in [4.69, 9.17) is 11.6 Å². The lowest BCUT2D eigenvalue weighted by Gasteiger charge is -2.24. The molecule has 3 aromatic carbocycles. The second-order valence-electron chi connectivity index (χ2n) is 7.65. The summed E-state index contributed by atoms with van der Waals surface area (Å²) in [6.07, 6.45) is 2.96. The summed E-state index contributed by atoms with van der Waals surface area (Å²) in [7, 11) is 0. The zero-order chi connectivity index (χ0) is 23.8. The van der Waals surface area contributed by atoms with Gasteiger partial charge in [-0.15, -0.1) is 0 Å². The Hall–Kier alpha value is -3.94. The second-order valence-corrected chi connectivity index (χ2v) is 9.09. The number of fused-ring (bicyclic) bond motifs is 1. The highest BCUT2D eigenvalue weighted by Crippen LogP contribution is 2.44. The van der Waals surface area contributed by atoms with Gasteiger partial charge in [0.15, 0.2) is 16.7 Å². The molecule has 0 aliphatic carbocycles. The zero-order valence-corrected chi connectivity index (χ0v) is 19.1. The molecule has 2 N–H and O–H groups in total. The van der Waals surface area contributed by atoms with Crippen LogP contribution in [0.3, 0.4) is 0 Å². The molecule has 8 heteroatoms. The van der Waals surface area contributed by atoms with Gasteiger partial charge in [0.25, 0.3) is 5.91 Å². The molecular formula is C26H17ClN2O4S. The highest BCUT2D eigenvalue weighted by atomic mass is 35.5. The summed E-state index contributed by atoms with van der Waals surface area (Å²) in [5.41, 5.74) is 1.94. The van der Waals surface area contributed by atoms with E-state index >= 15 is 0 Å². The quantitative estimate of drug-likeness (QED) is 0.344. The lowest BCUT2D eigenvalue weighted by atomic mass is 9.95. The number of aromatic nitrogens is 1. The van der Waals surface area contributed by atoms with Gasteiger partial charge in [0, 0.05) is 5.02 Å². The van der Waals surface area contributed by atoms with E-state index in [2.05, 4.69) is 4.98 Å². The number of nitrogens with zero attached hydrogens (tertiary/aromatic N) is 2. The number of allylic oxidation sites excluding steroid dienone is 1. The number of thiazole rings is 1. The summed E-state index contributed by atoms with van der Waals surface area (Å²) < 4.78 is 0.767. The minimum atomic E-state index is -0.919. The lowest BCUT2D eigenvalue weighted by molar-refractivity contribution is -0.117. The first-order chi connectivity index (χ1) is 16.4. The fourth-order valence-electron chi connectivity index (χ4n) is 3.84. The Balaban J connectivity index is 1.60. The Labute approximate surface area is 203 Å². The standard InChI is InChI=1S/C26H17ClN2O4S/c27-17-9-12-19-21(14-17)34-26(28-19)29-23(16-7-10-18(30)11-8-16)22(24(32)25(29)33)20(31)13-6-15-4-2-1-3-5-15/h1-14,23,30,32H. The third-order valence-corrected chi connectivity index (χ3v) is 6.71. The molecule has 0 bridgehead atoms. The lowest BCUT2D eigenvalue weighted by Crippen LogP contribution is -2.30. The normalized spacial score (nSPS) is 16.2. The number of aliphatic hydroxyl groups excluding tert-OH is 1. The van der Waals surface area contributed by atoms with E-state index in [0.29, 0.717) is 21.2 Å². The maximum absolute atomic E-state index is 13.3. The Morgan fingerprint density at radius 2 is 1.76 bits per heavy atom. The molecule has 1 aromatic heterocycles. The van der Waals surface area contributed by atoms with Crippen LogP contribution < -0.4 is 4.90 Å². The number of aliphatic hydroxyl groups is 1. The van der Waals surface area contributed by atoms with Crippen LogP contribution in [0.2, 0.25) is 5.02 Å². The summed E-state index contributed by atoms with van der Waals surface area (Å²) >= 11 is 7.34. The summed E-state index contributed by atoms with van der Waals surface area (Å²) in [5.74, 6) is -1.81.